The van der Waals surface area contributed by atoms with E-state index >= 15 is 0 Å². The fourth-order valence-corrected chi connectivity index (χ4v) is 3.92. The minimum atomic E-state index is -0.887. The Hall–Kier alpha value is -1.17. The molecule has 1 N–H and O–H groups in total. The third-order valence-corrected chi connectivity index (χ3v) is 5.10. The van der Waals surface area contributed by atoms with Gasteiger partial charge in [-0.1, -0.05) is 0 Å². The van der Waals surface area contributed by atoms with Crippen molar-refractivity contribution in [3.63, 3.8) is 0 Å². The van der Waals surface area contributed by atoms with Gasteiger partial charge in [-0.25, -0.2) is 9.78 Å². The van der Waals surface area contributed by atoms with Gasteiger partial charge in [-0.05, 0) is 18.2 Å². The number of benzene rings is 1. The van der Waals surface area contributed by atoms with Gasteiger partial charge in [0.05, 0.1) is 19.7 Å². The molecular weight excluding hydrogens is 303 g/mol. The Morgan fingerprint density at radius 1 is 1.53 bits per heavy atom. The molecule has 5 nitrogen and oxygen atoms in total. The van der Waals surface area contributed by atoms with E-state index in [0.717, 1.165) is 21.0 Å². The third kappa shape index (κ3) is 2.45. The Morgan fingerprint density at radius 2 is 2.37 bits per heavy atom. The van der Waals surface area contributed by atoms with E-state index in [1.165, 1.54) is 23.1 Å². The summed E-state index contributed by atoms with van der Waals surface area (Å²) in [4.78, 5) is 19.5. The molecule has 2 heterocycles. The first-order valence-corrected chi connectivity index (χ1v) is 7.66. The van der Waals surface area contributed by atoms with E-state index in [1.807, 2.05) is 18.2 Å². The molecule has 2 atom stereocenters. The smallest absolute Gasteiger partial charge is 0.329 e. The van der Waals surface area contributed by atoms with E-state index in [2.05, 4.69) is 19.4 Å². The number of rotatable bonds is 3. The number of aromatic nitrogens is 1. The van der Waals surface area contributed by atoms with E-state index in [0.29, 0.717) is 10.8 Å². The number of carboxylic acid groups (broad SMARTS) is 1. The SMILES string of the molecule is O=C(O)C1CSC(c2nc3ccc(OP)cc3s2)=N1. The Kier molecular flexibility index (Phi) is 3.43. The van der Waals surface area contributed by atoms with Crippen LogP contribution in [0.2, 0.25) is 0 Å². The lowest BCUT2D eigenvalue weighted by Gasteiger charge is -1.95. The van der Waals surface area contributed by atoms with Crippen LogP contribution in [0.1, 0.15) is 5.01 Å². The molecule has 98 valence electrons. The van der Waals surface area contributed by atoms with Gasteiger partial charge in [0.25, 0.3) is 0 Å². The first kappa shape index (κ1) is 12.8. The second-order valence-electron chi connectivity index (χ2n) is 3.87. The van der Waals surface area contributed by atoms with Crippen LogP contribution in [0.3, 0.4) is 0 Å². The summed E-state index contributed by atoms with van der Waals surface area (Å²) in [7, 11) is 2.20. The normalized spacial score (nSPS) is 18.6. The summed E-state index contributed by atoms with van der Waals surface area (Å²) in [5, 5.41) is 10.4. The minimum Gasteiger partial charge on any atom is -0.480 e. The van der Waals surface area contributed by atoms with E-state index in [-0.39, 0.29) is 0 Å². The molecular formula is C11H9N2O3PS2. The summed E-state index contributed by atoms with van der Waals surface area (Å²) in [6.07, 6.45) is 0. The third-order valence-electron chi connectivity index (χ3n) is 2.62. The molecule has 0 fully saturated rings. The van der Waals surface area contributed by atoms with Crippen LogP contribution in [0, 0.1) is 0 Å². The molecule has 19 heavy (non-hydrogen) atoms. The number of thiazole rings is 1. The summed E-state index contributed by atoms with van der Waals surface area (Å²) in [5.74, 6) is 0.333. The van der Waals surface area contributed by atoms with Gasteiger partial charge in [-0.3, -0.25) is 4.99 Å². The van der Waals surface area contributed by atoms with Crippen molar-refractivity contribution in [1.29, 1.82) is 0 Å². The average Bonchev–Trinajstić information content (AvgIpc) is 3.04. The zero-order chi connectivity index (χ0) is 13.4. The lowest BCUT2D eigenvalue weighted by molar-refractivity contribution is -0.137. The zero-order valence-corrected chi connectivity index (χ0v) is 12.4. The number of carbonyl (C=O) groups is 1. The van der Waals surface area contributed by atoms with Crippen molar-refractivity contribution in [2.75, 3.05) is 5.75 Å². The summed E-state index contributed by atoms with van der Waals surface area (Å²) < 4.78 is 6.09. The highest BCUT2D eigenvalue weighted by atomic mass is 32.2. The van der Waals surface area contributed by atoms with Crippen molar-refractivity contribution in [3.8, 4) is 5.75 Å². The Bertz CT molecular complexity index is 686. The second kappa shape index (κ2) is 5.07. The Morgan fingerprint density at radius 3 is 3.05 bits per heavy atom. The fourth-order valence-electron chi connectivity index (χ4n) is 1.69. The van der Waals surface area contributed by atoms with Crippen LogP contribution in [-0.2, 0) is 4.79 Å². The highest BCUT2D eigenvalue weighted by Gasteiger charge is 2.26. The maximum atomic E-state index is 10.9. The van der Waals surface area contributed by atoms with Gasteiger partial charge < -0.3 is 9.63 Å². The number of hydrogen-bond acceptors (Lipinski definition) is 6. The highest BCUT2D eigenvalue weighted by molar-refractivity contribution is 8.15. The van der Waals surface area contributed by atoms with Crippen molar-refractivity contribution < 1.29 is 14.4 Å². The fraction of sp³-hybridized carbons (Fsp3) is 0.182. The first-order valence-electron chi connectivity index (χ1n) is 5.38. The number of aliphatic carboxylic acids is 1. The largest absolute Gasteiger partial charge is 0.480 e. The van der Waals surface area contributed by atoms with Gasteiger partial charge in [0.1, 0.15) is 15.8 Å². The molecule has 0 bridgehead atoms. The summed E-state index contributed by atoms with van der Waals surface area (Å²) in [6, 6.07) is 4.96. The average molecular weight is 312 g/mol. The van der Waals surface area contributed by atoms with Gasteiger partial charge >= 0.3 is 5.97 Å². The molecule has 0 aliphatic carbocycles. The van der Waals surface area contributed by atoms with Crippen LogP contribution >= 0.6 is 32.6 Å². The molecule has 1 aliphatic rings. The van der Waals surface area contributed by atoms with E-state index < -0.39 is 12.0 Å². The second-order valence-corrected chi connectivity index (χ2v) is 6.14. The van der Waals surface area contributed by atoms with Crippen LogP contribution in [0.5, 0.6) is 5.75 Å². The van der Waals surface area contributed by atoms with Crippen molar-refractivity contribution in [2.45, 2.75) is 6.04 Å². The first-order chi connectivity index (χ1) is 9.17. The molecule has 0 saturated carbocycles. The number of nitrogens with zero attached hydrogens (tertiary/aromatic N) is 2. The predicted octanol–water partition coefficient (Wildman–Crippen LogP) is 2.41. The molecule has 1 aliphatic heterocycles. The quantitative estimate of drug-likeness (QED) is 0.881. The van der Waals surface area contributed by atoms with Crippen molar-refractivity contribution in [2.24, 2.45) is 4.99 Å². The van der Waals surface area contributed by atoms with E-state index in [1.54, 1.807) is 0 Å². The molecule has 1 aromatic carbocycles. The Balaban J connectivity index is 1.98. The minimum absolute atomic E-state index is 0.473. The maximum Gasteiger partial charge on any atom is 0.329 e. The molecule has 2 aromatic rings. The molecule has 0 saturated heterocycles. The molecule has 8 heteroatoms. The highest BCUT2D eigenvalue weighted by Crippen LogP contribution is 2.31. The van der Waals surface area contributed by atoms with E-state index in [9.17, 15) is 4.79 Å². The predicted molar refractivity (Wildman–Crippen MR) is 80.4 cm³/mol. The molecule has 0 amide bonds. The summed E-state index contributed by atoms with van der Waals surface area (Å²) >= 11 is 2.93. The van der Waals surface area contributed by atoms with Gasteiger partial charge in [0, 0.05) is 5.75 Å². The van der Waals surface area contributed by atoms with E-state index in [4.69, 9.17) is 9.63 Å². The summed E-state index contributed by atoms with van der Waals surface area (Å²) in [5.41, 5.74) is 0.868. The number of hydrogen-bond donors (Lipinski definition) is 1. The number of aliphatic imine (C=N–C) groups is 1. The lowest BCUT2D eigenvalue weighted by Crippen LogP contribution is -2.17. The van der Waals surface area contributed by atoms with Crippen LogP contribution in [0.4, 0.5) is 0 Å². The van der Waals surface area contributed by atoms with Gasteiger partial charge in [-0.2, -0.15) is 0 Å². The maximum absolute atomic E-state index is 10.9. The van der Waals surface area contributed by atoms with Crippen molar-refractivity contribution >= 4 is 53.8 Å². The van der Waals surface area contributed by atoms with Gasteiger partial charge in [0.2, 0.25) is 0 Å². The Labute approximate surface area is 119 Å². The topological polar surface area (TPSA) is 71.8 Å². The van der Waals surface area contributed by atoms with Crippen molar-refractivity contribution in [1.82, 2.24) is 4.98 Å². The van der Waals surface area contributed by atoms with Gasteiger partial charge in [-0.15, -0.1) is 23.1 Å². The van der Waals surface area contributed by atoms with Crippen LogP contribution in [0.25, 0.3) is 10.2 Å². The molecule has 3 rings (SSSR count). The van der Waals surface area contributed by atoms with Crippen LogP contribution < -0.4 is 4.52 Å². The molecule has 2 unspecified atom stereocenters. The standard InChI is InChI=1S/C11H9N2O3PS2/c14-11(15)7-4-18-9(13-7)10-12-6-2-1-5(16-17)3-8(6)19-10/h1-3,7H,4,17H2,(H,14,15). The molecule has 1 aromatic heterocycles. The molecule has 0 spiro atoms. The lowest BCUT2D eigenvalue weighted by atomic mass is 10.3. The van der Waals surface area contributed by atoms with Crippen molar-refractivity contribution in [3.05, 3.63) is 23.2 Å². The zero-order valence-electron chi connectivity index (χ0n) is 9.57. The van der Waals surface area contributed by atoms with Crippen LogP contribution in [0.15, 0.2) is 23.2 Å². The number of carboxylic acids is 1. The molecule has 0 radical (unpaired) electrons. The summed E-state index contributed by atoms with van der Waals surface area (Å²) in [6.45, 7) is 0. The number of thioether (sulfide) groups is 1. The number of fused-ring (bicyclic) bond motifs is 1. The van der Waals surface area contributed by atoms with Crippen LogP contribution in [-0.4, -0.2) is 32.9 Å². The van der Waals surface area contributed by atoms with Gasteiger partial charge in [0.15, 0.2) is 6.04 Å². The monoisotopic (exact) mass is 312 g/mol.